The highest BCUT2D eigenvalue weighted by atomic mass is 35.5. The van der Waals surface area contributed by atoms with E-state index in [-0.39, 0.29) is 11.7 Å². The molecule has 9 heteroatoms. The molecule has 0 amide bonds. The highest BCUT2D eigenvalue weighted by Gasteiger charge is 2.33. The van der Waals surface area contributed by atoms with Gasteiger partial charge in [-0.3, -0.25) is 9.36 Å². The average molecular weight is 526 g/mol. The molecule has 2 aromatic heterocycles. The number of furan rings is 1. The fourth-order valence-corrected chi connectivity index (χ4v) is 5.81. The number of carbonyl (C=O) groups excluding carboxylic acids is 1. The number of rotatable bonds is 5. The number of esters is 1. The second kappa shape index (κ2) is 10.1. The third kappa shape index (κ3) is 4.80. The molecule has 0 bridgehead atoms. The first-order valence-electron chi connectivity index (χ1n) is 12.2. The largest absolute Gasteiger partial charge is 0.459 e. The number of hydrogen-bond donors (Lipinski definition) is 0. The molecule has 4 heterocycles. The van der Waals surface area contributed by atoms with Crippen molar-refractivity contribution in [3.05, 3.63) is 83.7 Å². The Labute approximate surface area is 218 Å². The first kappa shape index (κ1) is 24.6. The normalized spacial score (nSPS) is 18.4. The first-order valence-corrected chi connectivity index (χ1v) is 13.3. The van der Waals surface area contributed by atoms with Gasteiger partial charge in [0.15, 0.2) is 10.7 Å². The Bertz CT molecular complexity index is 1490. The van der Waals surface area contributed by atoms with Crippen LogP contribution in [0, 0.1) is 0 Å². The van der Waals surface area contributed by atoms with Crippen molar-refractivity contribution in [2.24, 2.45) is 4.99 Å². The van der Waals surface area contributed by atoms with Gasteiger partial charge in [0, 0.05) is 30.3 Å². The lowest BCUT2D eigenvalue weighted by Gasteiger charge is -2.25. The van der Waals surface area contributed by atoms with E-state index in [0.717, 1.165) is 37.4 Å². The monoisotopic (exact) mass is 525 g/mol. The molecule has 1 saturated heterocycles. The predicted molar refractivity (Wildman–Crippen MR) is 141 cm³/mol. The summed E-state index contributed by atoms with van der Waals surface area (Å²) in [6.45, 7) is 7.31. The zero-order chi connectivity index (χ0) is 25.4. The van der Waals surface area contributed by atoms with Crippen LogP contribution in [0.2, 0.25) is 5.02 Å². The molecule has 0 radical (unpaired) electrons. The van der Waals surface area contributed by atoms with Gasteiger partial charge in [0.25, 0.3) is 5.56 Å². The number of carbonyl (C=O) groups is 1. The van der Waals surface area contributed by atoms with Crippen LogP contribution in [0.25, 0.3) is 6.08 Å². The number of nitrogens with zero attached hydrogens (tertiary/aromatic N) is 3. The zero-order valence-electron chi connectivity index (χ0n) is 20.5. The predicted octanol–water partition coefficient (Wildman–Crippen LogP) is 4.42. The summed E-state index contributed by atoms with van der Waals surface area (Å²) in [6, 6.07) is 10.3. The minimum absolute atomic E-state index is 0.239. The molecule has 1 aromatic carbocycles. The summed E-state index contributed by atoms with van der Waals surface area (Å²) in [6.07, 6.45) is 5.00. The van der Waals surface area contributed by atoms with Gasteiger partial charge in [-0.2, -0.15) is 0 Å². The Morgan fingerprint density at radius 3 is 2.58 bits per heavy atom. The lowest BCUT2D eigenvalue weighted by molar-refractivity contribution is -0.143. The highest BCUT2D eigenvalue weighted by molar-refractivity contribution is 7.07. The molecular formula is C27H28ClN3O4S. The topological polar surface area (TPSA) is 77.0 Å². The second-order valence-corrected chi connectivity index (χ2v) is 10.8. The van der Waals surface area contributed by atoms with Gasteiger partial charge in [0.05, 0.1) is 27.9 Å². The van der Waals surface area contributed by atoms with E-state index in [1.807, 2.05) is 24.3 Å². The van der Waals surface area contributed by atoms with E-state index in [0.29, 0.717) is 31.4 Å². The van der Waals surface area contributed by atoms with Crippen LogP contribution in [0.3, 0.4) is 0 Å². The number of piperidine rings is 1. The van der Waals surface area contributed by atoms with Crippen molar-refractivity contribution in [3.63, 3.8) is 0 Å². The van der Waals surface area contributed by atoms with Crippen LogP contribution in [-0.2, 0) is 9.53 Å². The van der Waals surface area contributed by atoms with Gasteiger partial charge in [0.1, 0.15) is 5.76 Å². The van der Waals surface area contributed by atoms with Gasteiger partial charge in [-0.1, -0.05) is 35.1 Å². The summed E-state index contributed by atoms with van der Waals surface area (Å²) < 4.78 is 13.6. The minimum Gasteiger partial charge on any atom is -0.459 e. The van der Waals surface area contributed by atoms with Crippen molar-refractivity contribution in [2.45, 2.75) is 52.2 Å². The fourth-order valence-electron chi connectivity index (χ4n) is 4.65. The van der Waals surface area contributed by atoms with Crippen LogP contribution >= 0.6 is 22.9 Å². The number of ether oxygens (including phenoxy) is 1. The fraction of sp³-hybridized carbons (Fsp3) is 0.370. The van der Waals surface area contributed by atoms with Crippen molar-refractivity contribution in [1.29, 1.82) is 0 Å². The lowest BCUT2D eigenvalue weighted by Crippen LogP contribution is -2.40. The number of thiazole rings is 1. The standard InChI is InChI=1S/C27H28ClN3O4S/c1-16(2)34-26(33)23-17(3)29-27-31(24(23)18-7-9-19(28)10-8-18)25(32)21(36-27)15-20-11-12-22(35-20)30-13-5-4-6-14-30/h7-12,15-16,24H,4-6,13-14H2,1-3H3/b21-15+/t24-/m1/s1. The van der Waals surface area contributed by atoms with Gasteiger partial charge < -0.3 is 14.1 Å². The number of halogens is 1. The molecule has 0 saturated carbocycles. The Kier molecular flexibility index (Phi) is 6.90. The third-order valence-corrected chi connectivity index (χ3v) is 7.56. The summed E-state index contributed by atoms with van der Waals surface area (Å²) in [7, 11) is 0. The Morgan fingerprint density at radius 2 is 1.89 bits per heavy atom. The number of fused-ring (bicyclic) bond motifs is 1. The van der Waals surface area contributed by atoms with Crippen LogP contribution in [0.15, 0.2) is 61.9 Å². The molecule has 0 spiro atoms. The van der Waals surface area contributed by atoms with Crippen molar-refractivity contribution in [2.75, 3.05) is 18.0 Å². The Balaban J connectivity index is 1.60. The zero-order valence-corrected chi connectivity index (χ0v) is 22.1. The molecule has 188 valence electrons. The van der Waals surface area contributed by atoms with Crippen LogP contribution < -0.4 is 19.8 Å². The molecule has 3 aromatic rings. The number of allylic oxidation sites excluding steroid dienone is 1. The van der Waals surface area contributed by atoms with Gasteiger partial charge in [-0.25, -0.2) is 9.79 Å². The molecule has 5 rings (SSSR count). The summed E-state index contributed by atoms with van der Waals surface area (Å²) >= 11 is 7.40. The number of aromatic nitrogens is 1. The molecule has 36 heavy (non-hydrogen) atoms. The van der Waals surface area contributed by atoms with Crippen molar-refractivity contribution < 1.29 is 13.9 Å². The summed E-state index contributed by atoms with van der Waals surface area (Å²) in [5, 5.41) is 0.570. The number of anilines is 1. The van der Waals surface area contributed by atoms with E-state index >= 15 is 0 Å². The number of benzene rings is 1. The molecule has 2 aliphatic heterocycles. The lowest BCUT2D eigenvalue weighted by atomic mass is 9.96. The van der Waals surface area contributed by atoms with E-state index < -0.39 is 12.0 Å². The van der Waals surface area contributed by atoms with Gasteiger partial charge in [0.2, 0.25) is 0 Å². The maximum atomic E-state index is 13.7. The Morgan fingerprint density at radius 1 is 1.17 bits per heavy atom. The van der Waals surface area contributed by atoms with Crippen molar-refractivity contribution in [3.8, 4) is 0 Å². The van der Waals surface area contributed by atoms with Crippen LogP contribution in [-0.4, -0.2) is 29.7 Å². The first-order chi connectivity index (χ1) is 17.3. The SMILES string of the molecule is CC1=C(C(=O)OC(C)C)[C@@H](c2ccc(Cl)cc2)n2c(s/c(=C/c3ccc(N4CCCCC4)o3)c2=O)=N1. The van der Waals surface area contributed by atoms with Gasteiger partial charge in [-0.05, 0) is 63.8 Å². The summed E-state index contributed by atoms with van der Waals surface area (Å²) in [4.78, 5) is 34.2. The Hall–Kier alpha value is -3.10. The highest BCUT2D eigenvalue weighted by Crippen LogP contribution is 2.31. The second-order valence-electron chi connectivity index (χ2n) is 9.31. The third-order valence-electron chi connectivity index (χ3n) is 6.32. The van der Waals surface area contributed by atoms with Crippen molar-refractivity contribution >= 4 is 40.9 Å². The van der Waals surface area contributed by atoms with E-state index in [1.54, 1.807) is 43.5 Å². The molecule has 0 N–H and O–H groups in total. The quantitative estimate of drug-likeness (QED) is 0.461. The molecule has 0 unspecified atom stereocenters. The number of hydrogen-bond acceptors (Lipinski definition) is 7. The van der Waals surface area contributed by atoms with Crippen LogP contribution in [0.5, 0.6) is 0 Å². The maximum Gasteiger partial charge on any atom is 0.338 e. The van der Waals surface area contributed by atoms with Gasteiger partial charge >= 0.3 is 5.97 Å². The van der Waals surface area contributed by atoms with Crippen molar-refractivity contribution in [1.82, 2.24) is 4.57 Å². The summed E-state index contributed by atoms with van der Waals surface area (Å²) in [5.41, 5.74) is 1.38. The van der Waals surface area contributed by atoms with Gasteiger partial charge in [-0.15, -0.1) is 0 Å². The smallest absolute Gasteiger partial charge is 0.338 e. The van der Waals surface area contributed by atoms with E-state index in [1.165, 1.54) is 17.8 Å². The molecular weight excluding hydrogens is 498 g/mol. The van der Waals surface area contributed by atoms with Crippen LogP contribution in [0.4, 0.5) is 5.88 Å². The van der Waals surface area contributed by atoms with E-state index in [2.05, 4.69) is 9.89 Å². The molecule has 1 fully saturated rings. The van der Waals surface area contributed by atoms with E-state index in [4.69, 9.17) is 20.8 Å². The van der Waals surface area contributed by atoms with E-state index in [9.17, 15) is 9.59 Å². The average Bonchev–Trinajstić information content (AvgIpc) is 3.43. The molecule has 0 aliphatic carbocycles. The summed E-state index contributed by atoms with van der Waals surface area (Å²) in [5.74, 6) is 0.944. The minimum atomic E-state index is -0.674. The van der Waals surface area contributed by atoms with Crippen LogP contribution in [0.1, 0.15) is 57.4 Å². The maximum absolute atomic E-state index is 13.7. The molecule has 1 atom stereocenters. The molecule has 7 nitrogen and oxygen atoms in total. The molecule has 2 aliphatic rings.